The number of rotatable bonds is 3. The summed E-state index contributed by atoms with van der Waals surface area (Å²) in [6, 6.07) is 3.19. The fraction of sp³-hybridized carbons (Fsp3) is 0.308. The Labute approximate surface area is 114 Å². The number of aryl methyl sites for hydroxylation is 1. The average molecular weight is 280 g/mol. The van der Waals surface area contributed by atoms with Crippen molar-refractivity contribution < 1.29 is 13.6 Å². The molecule has 0 saturated carbocycles. The summed E-state index contributed by atoms with van der Waals surface area (Å²) in [6.07, 6.45) is 1.12. The molecule has 0 fully saturated rings. The van der Waals surface area contributed by atoms with Crippen LogP contribution in [-0.4, -0.2) is 20.5 Å². The van der Waals surface area contributed by atoms with E-state index >= 15 is 0 Å². The lowest BCUT2D eigenvalue weighted by molar-refractivity contribution is 0.00922. The number of aromatic nitrogens is 3. The molecule has 0 unspecified atom stereocenters. The highest BCUT2D eigenvalue weighted by Crippen LogP contribution is 2.31. The Morgan fingerprint density at radius 1 is 1.40 bits per heavy atom. The van der Waals surface area contributed by atoms with Crippen molar-refractivity contribution >= 4 is 11.6 Å². The number of Topliss-reactive ketones (excluding diaryl/α,β-unsaturated/α-hetero) is 1. The lowest BCUT2D eigenvalue weighted by Gasteiger charge is -2.15. The van der Waals surface area contributed by atoms with Crippen LogP contribution in [0.25, 0.3) is 5.82 Å². The zero-order chi connectivity index (χ0) is 15.1. The van der Waals surface area contributed by atoms with Crippen molar-refractivity contribution in [3.63, 3.8) is 0 Å². The minimum absolute atomic E-state index is 0.126. The lowest BCUT2D eigenvalue weighted by atomic mass is 10.1. The predicted molar refractivity (Wildman–Crippen MR) is 70.1 cm³/mol. The first-order valence-electron chi connectivity index (χ1n) is 5.92. The minimum Gasteiger partial charge on any atom is -0.384 e. The SMILES string of the molecule is CC(=O)c1cnn(-c2cc(C)cc(N)n2)c1C(C)(F)F. The predicted octanol–water partition coefficient (Wildman–Crippen LogP) is 2.47. The van der Waals surface area contributed by atoms with Gasteiger partial charge >= 0.3 is 0 Å². The van der Waals surface area contributed by atoms with Crippen LogP contribution in [0.4, 0.5) is 14.6 Å². The van der Waals surface area contributed by atoms with Crippen molar-refractivity contribution in [1.29, 1.82) is 0 Å². The maximum absolute atomic E-state index is 13.8. The van der Waals surface area contributed by atoms with E-state index in [0.29, 0.717) is 6.92 Å². The molecule has 0 aliphatic carbocycles. The van der Waals surface area contributed by atoms with Crippen molar-refractivity contribution in [3.8, 4) is 5.82 Å². The maximum atomic E-state index is 13.8. The van der Waals surface area contributed by atoms with Gasteiger partial charge in [-0.05, 0) is 31.5 Å². The van der Waals surface area contributed by atoms with Crippen molar-refractivity contribution in [3.05, 3.63) is 35.2 Å². The highest BCUT2D eigenvalue weighted by atomic mass is 19.3. The lowest BCUT2D eigenvalue weighted by Crippen LogP contribution is -2.19. The number of nitrogens with two attached hydrogens (primary N) is 1. The number of nitrogens with zero attached hydrogens (tertiary/aromatic N) is 3. The zero-order valence-corrected chi connectivity index (χ0v) is 11.3. The number of nitrogen functional groups attached to an aromatic ring is 1. The van der Waals surface area contributed by atoms with E-state index < -0.39 is 17.4 Å². The molecule has 2 aromatic heterocycles. The van der Waals surface area contributed by atoms with Crippen molar-refractivity contribution in [2.45, 2.75) is 26.7 Å². The normalized spacial score (nSPS) is 11.7. The van der Waals surface area contributed by atoms with Crippen LogP contribution in [-0.2, 0) is 5.92 Å². The van der Waals surface area contributed by atoms with Crippen LogP contribution < -0.4 is 5.73 Å². The van der Waals surface area contributed by atoms with Gasteiger partial charge in [-0.25, -0.2) is 9.67 Å². The molecule has 5 nitrogen and oxygen atoms in total. The average Bonchev–Trinajstić information content (AvgIpc) is 2.71. The second-order valence-corrected chi connectivity index (χ2v) is 4.69. The Balaban J connectivity index is 2.72. The Hall–Kier alpha value is -2.31. The minimum atomic E-state index is -3.22. The molecule has 2 rings (SSSR count). The van der Waals surface area contributed by atoms with E-state index in [-0.39, 0.29) is 17.2 Å². The molecule has 106 valence electrons. The summed E-state index contributed by atoms with van der Waals surface area (Å²) in [6.45, 7) is 3.70. The molecule has 0 aromatic carbocycles. The van der Waals surface area contributed by atoms with Crippen LogP contribution in [0.15, 0.2) is 18.3 Å². The summed E-state index contributed by atoms with van der Waals surface area (Å²) in [5.41, 5.74) is 5.77. The van der Waals surface area contributed by atoms with E-state index in [1.807, 2.05) is 0 Å². The topological polar surface area (TPSA) is 73.8 Å². The molecule has 0 aliphatic rings. The molecule has 0 radical (unpaired) electrons. The molecule has 2 N–H and O–H groups in total. The molecule has 0 bridgehead atoms. The summed E-state index contributed by atoms with van der Waals surface area (Å²) in [7, 11) is 0. The summed E-state index contributed by atoms with van der Waals surface area (Å²) in [5, 5.41) is 3.85. The standard InChI is InChI=1S/C13H14F2N4O/c1-7-4-10(16)18-11(5-7)19-12(13(3,14)15)9(6-17-19)8(2)20/h4-6H,1-3H3,(H2,16,18). The number of pyridine rings is 1. The van der Waals surface area contributed by atoms with Gasteiger partial charge in [0, 0.05) is 6.92 Å². The number of ketones is 1. The largest absolute Gasteiger partial charge is 0.384 e. The monoisotopic (exact) mass is 280 g/mol. The van der Waals surface area contributed by atoms with Crippen LogP contribution in [0, 0.1) is 6.92 Å². The molecule has 20 heavy (non-hydrogen) atoms. The maximum Gasteiger partial charge on any atom is 0.287 e. The van der Waals surface area contributed by atoms with Crippen molar-refractivity contribution in [2.75, 3.05) is 5.73 Å². The van der Waals surface area contributed by atoms with Crippen molar-refractivity contribution in [2.24, 2.45) is 0 Å². The van der Waals surface area contributed by atoms with E-state index in [9.17, 15) is 13.6 Å². The Kier molecular flexibility index (Phi) is 3.29. The number of hydrogen-bond donors (Lipinski definition) is 1. The van der Waals surface area contributed by atoms with E-state index in [2.05, 4.69) is 10.1 Å². The van der Waals surface area contributed by atoms with Crippen molar-refractivity contribution in [1.82, 2.24) is 14.8 Å². The fourth-order valence-electron chi connectivity index (χ4n) is 1.99. The Morgan fingerprint density at radius 2 is 2.05 bits per heavy atom. The second kappa shape index (κ2) is 4.66. The number of hydrogen-bond acceptors (Lipinski definition) is 4. The van der Waals surface area contributed by atoms with Crippen LogP contribution in [0.3, 0.4) is 0 Å². The number of carbonyl (C=O) groups is 1. The highest BCUT2D eigenvalue weighted by molar-refractivity contribution is 5.95. The molecule has 0 spiro atoms. The first-order valence-corrected chi connectivity index (χ1v) is 5.92. The molecule has 2 aromatic rings. The summed E-state index contributed by atoms with van der Waals surface area (Å²) >= 11 is 0. The van der Waals surface area contributed by atoms with Crippen LogP contribution in [0.1, 0.15) is 35.5 Å². The second-order valence-electron chi connectivity index (χ2n) is 4.69. The van der Waals surface area contributed by atoms with E-state index in [1.165, 1.54) is 6.92 Å². The highest BCUT2D eigenvalue weighted by Gasteiger charge is 2.35. The van der Waals surface area contributed by atoms with Gasteiger partial charge in [0.2, 0.25) is 0 Å². The van der Waals surface area contributed by atoms with Gasteiger partial charge in [0.05, 0.1) is 11.8 Å². The number of anilines is 1. The third-order valence-corrected chi connectivity index (χ3v) is 2.76. The molecule has 0 saturated heterocycles. The van der Waals surface area contributed by atoms with E-state index in [0.717, 1.165) is 16.4 Å². The number of carbonyl (C=O) groups excluding carboxylic acids is 1. The van der Waals surface area contributed by atoms with Gasteiger partial charge in [0.1, 0.15) is 11.5 Å². The molecule has 2 heterocycles. The third kappa shape index (κ3) is 2.52. The smallest absolute Gasteiger partial charge is 0.287 e. The third-order valence-electron chi connectivity index (χ3n) is 2.76. The van der Waals surface area contributed by atoms with Gasteiger partial charge < -0.3 is 5.73 Å². The van der Waals surface area contributed by atoms with E-state index in [1.54, 1.807) is 19.1 Å². The van der Waals surface area contributed by atoms with Crippen LogP contribution >= 0.6 is 0 Å². The van der Waals surface area contributed by atoms with Gasteiger partial charge in [-0.1, -0.05) is 0 Å². The van der Waals surface area contributed by atoms with Gasteiger partial charge in [-0.3, -0.25) is 4.79 Å². The summed E-state index contributed by atoms with van der Waals surface area (Å²) in [5.74, 6) is -3.34. The molecular formula is C13H14F2N4O. The molecule has 0 aliphatic heterocycles. The summed E-state index contributed by atoms with van der Waals surface area (Å²) in [4.78, 5) is 15.4. The molecule has 7 heteroatoms. The first-order chi connectivity index (χ1) is 9.20. The number of alkyl halides is 2. The first kappa shape index (κ1) is 14.1. The molecule has 0 amide bonds. The van der Waals surface area contributed by atoms with Gasteiger partial charge in [-0.2, -0.15) is 13.9 Å². The fourth-order valence-corrected chi connectivity index (χ4v) is 1.99. The van der Waals surface area contributed by atoms with Crippen LogP contribution in [0.2, 0.25) is 0 Å². The zero-order valence-electron chi connectivity index (χ0n) is 11.3. The molecule has 0 atom stereocenters. The quantitative estimate of drug-likeness (QED) is 0.876. The molecular weight excluding hydrogens is 266 g/mol. The van der Waals surface area contributed by atoms with E-state index in [4.69, 9.17) is 5.73 Å². The van der Waals surface area contributed by atoms with Crippen LogP contribution in [0.5, 0.6) is 0 Å². The van der Waals surface area contributed by atoms with Gasteiger partial charge in [-0.15, -0.1) is 0 Å². The summed E-state index contributed by atoms with van der Waals surface area (Å²) < 4.78 is 28.5. The van der Waals surface area contributed by atoms with Gasteiger partial charge in [0.25, 0.3) is 5.92 Å². The Morgan fingerprint density at radius 3 is 2.55 bits per heavy atom. The Bertz CT molecular complexity index is 653. The number of halogens is 2. The van der Waals surface area contributed by atoms with Gasteiger partial charge in [0.15, 0.2) is 11.6 Å².